The maximum atomic E-state index is 9.47. The van der Waals surface area contributed by atoms with Crippen molar-refractivity contribution in [1.82, 2.24) is 9.78 Å². The second-order valence-electron chi connectivity index (χ2n) is 3.91. The van der Waals surface area contributed by atoms with E-state index in [0.29, 0.717) is 12.1 Å². The summed E-state index contributed by atoms with van der Waals surface area (Å²) in [6.07, 6.45) is 0.474. The van der Waals surface area contributed by atoms with Crippen molar-refractivity contribution >= 4 is 5.82 Å². The Bertz CT molecular complexity index is 418. The SMILES string of the molecule is Cc1nn(C)c(N2CC[C@H](O)C2)c1C#N. The predicted molar refractivity (Wildman–Crippen MR) is 55.5 cm³/mol. The molecule has 0 amide bonds. The van der Waals surface area contributed by atoms with Crippen molar-refractivity contribution in [3.8, 4) is 6.07 Å². The summed E-state index contributed by atoms with van der Waals surface area (Å²) < 4.78 is 1.71. The van der Waals surface area contributed by atoms with Crippen molar-refractivity contribution in [3.63, 3.8) is 0 Å². The van der Waals surface area contributed by atoms with Gasteiger partial charge in [0.25, 0.3) is 0 Å². The van der Waals surface area contributed by atoms with E-state index in [-0.39, 0.29) is 6.10 Å². The molecule has 0 aliphatic carbocycles. The van der Waals surface area contributed by atoms with E-state index in [4.69, 9.17) is 5.26 Å². The van der Waals surface area contributed by atoms with Gasteiger partial charge in [0.15, 0.2) is 0 Å². The molecule has 0 aromatic carbocycles. The minimum Gasteiger partial charge on any atom is -0.391 e. The number of β-amino-alcohol motifs (C(OH)–C–C–N with tert-alkyl or cyclic N) is 1. The topological polar surface area (TPSA) is 65.1 Å². The molecule has 1 saturated heterocycles. The van der Waals surface area contributed by atoms with Crippen molar-refractivity contribution in [1.29, 1.82) is 5.26 Å². The van der Waals surface area contributed by atoms with Gasteiger partial charge >= 0.3 is 0 Å². The summed E-state index contributed by atoms with van der Waals surface area (Å²) in [6, 6.07) is 2.17. The van der Waals surface area contributed by atoms with Crippen LogP contribution < -0.4 is 4.90 Å². The maximum absolute atomic E-state index is 9.47. The number of aliphatic hydroxyl groups is 1. The molecule has 5 nitrogen and oxygen atoms in total. The van der Waals surface area contributed by atoms with E-state index in [1.165, 1.54) is 0 Å². The number of nitriles is 1. The summed E-state index contributed by atoms with van der Waals surface area (Å²) in [4.78, 5) is 2.02. The summed E-state index contributed by atoms with van der Waals surface area (Å²) in [5.74, 6) is 0.826. The van der Waals surface area contributed by atoms with Crippen LogP contribution in [0.5, 0.6) is 0 Å². The molecule has 0 bridgehead atoms. The van der Waals surface area contributed by atoms with Gasteiger partial charge in [0.2, 0.25) is 0 Å². The zero-order valence-corrected chi connectivity index (χ0v) is 8.93. The van der Waals surface area contributed by atoms with Crippen molar-refractivity contribution < 1.29 is 5.11 Å². The molecule has 1 aliphatic rings. The first-order chi connectivity index (χ1) is 7.13. The second-order valence-corrected chi connectivity index (χ2v) is 3.91. The Morgan fingerprint density at radius 2 is 2.33 bits per heavy atom. The standard InChI is InChI=1S/C10H14N4O/c1-7-9(5-11)10(13(2)12-7)14-4-3-8(15)6-14/h8,15H,3-4,6H2,1-2H3/t8-/m0/s1. The highest BCUT2D eigenvalue weighted by Gasteiger charge is 2.26. The Kier molecular flexibility index (Phi) is 2.37. The minimum atomic E-state index is -0.285. The number of aromatic nitrogens is 2. The summed E-state index contributed by atoms with van der Waals surface area (Å²) >= 11 is 0. The highest BCUT2D eigenvalue weighted by Crippen LogP contribution is 2.25. The molecule has 5 heteroatoms. The molecule has 80 valence electrons. The Hall–Kier alpha value is -1.54. The summed E-state index contributed by atoms with van der Waals surface area (Å²) in [7, 11) is 1.83. The van der Waals surface area contributed by atoms with E-state index in [1.807, 2.05) is 18.9 Å². The number of aliphatic hydroxyl groups excluding tert-OH is 1. The lowest BCUT2D eigenvalue weighted by Crippen LogP contribution is -2.24. The molecule has 1 aliphatic heterocycles. The van der Waals surface area contributed by atoms with Crippen LogP contribution in [0.1, 0.15) is 17.7 Å². The van der Waals surface area contributed by atoms with Crippen LogP contribution in [0.15, 0.2) is 0 Å². The third kappa shape index (κ3) is 1.57. The van der Waals surface area contributed by atoms with Gasteiger partial charge in [-0.25, -0.2) is 0 Å². The molecular weight excluding hydrogens is 192 g/mol. The van der Waals surface area contributed by atoms with Crippen molar-refractivity contribution in [2.75, 3.05) is 18.0 Å². The second kappa shape index (κ2) is 3.55. The van der Waals surface area contributed by atoms with E-state index in [1.54, 1.807) is 4.68 Å². The van der Waals surface area contributed by atoms with Gasteiger partial charge in [0.1, 0.15) is 17.5 Å². The van der Waals surface area contributed by atoms with Crippen LogP contribution in [0.2, 0.25) is 0 Å². The summed E-state index contributed by atoms with van der Waals surface area (Å²) in [6.45, 7) is 3.21. The quantitative estimate of drug-likeness (QED) is 0.711. The molecule has 1 N–H and O–H groups in total. The highest BCUT2D eigenvalue weighted by atomic mass is 16.3. The van der Waals surface area contributed by atoms with Crippen LogP contribution in [0.4, 0.5) is 5.82 Å². The van der Waals surface area contributed by atoms with Crippen molar-refractivity contribution in [2.24, 2.45) is 7.05 Å². The van der Waals surface area contributed by atoms with Gasteiger partial charge in [-0.2, -0.15) is 10.4 Å². The fourth-order valence-corrected chi connectivity index (χ4v) is 2.07. The van der Waals surface area contributed by atoms with Gasteiger partial charge < -0.3 is 10.0 Å². The molecule has 1 aromatic rings. The Balaban J connectivity index is 2.39. The average Bonchev–Trinajstić information content (AvgIpc) is 2.70. The van der Waals surface area contributed by atoms with Crippen LogP contribution in [0.3, 0.4) is 0 Å². The van der Waals surface area contributed by atoms with Gasteiger partial charge in [0.05, 0.1) is 11.8 Å². The van der Waals surface area contributed by atoms with Crippen LogP contribution in [0, 0.1) is 18.3 Å². The van der Waals surface area contributed by atoms with E-state index in [0.717, 1.165) is 24.5 Å². The van der Waals surface area contributed by atoms with Crippen LogP contribution in [0.25, 0.3) is 0 Å². The van der Waals surface area contributed by atoms with E-state index in [9.17, 15) is 5.11 Å². The van der Waals surface area contributed by atoms with Crippen LogP contribution in [-0.4, -0.2) is 34.1 Å². The smallest absolute Gasteiger partial charge is 0.145 e. The molecule has 15 heavy (non-hydrogen) atoms. The Morgan fingerprint density at radius 3 is 2.87 bits per heavy atom. The summed E-state index contributed by atoms with van der Waals surface area (Å²) in [5.41, 5.74) is 1.36. The van der Waals surface area contributed by atoms with Gasteiger partial charge in [-0.15, -0.1) is 0 Å². The van der Waals surface area contributed by atoms with E-state index < -0.39 is 0 Å². The van der Waals surface area contributed by atoms with Crippen molar-refractivity contribution in [2.45, 2.75) is 19.4 Å². The molecule has 0 radical (unpaired) electrons. The number of rotatable bonds is 1. The zero-order valence-electron chi connectivity index (χ0n) is 8.93. The molecule has 0 unspecified atom stereocenters. The highest BCUT2D eigenvalue weighted by molar-refractivity contribution is 5.57. The first-order valence-corrected chi connectivity index (χ1v) is 5.00. The molecule has 1 atom stereocenters. The molecular formula is C10H14N4O. The first kappa shape index (κ1) is 9.99. The predicted octanol–water partition coefficient (Wildman–Crippen LogP) is 0.171. The number of hydrogen-bond donors (Lipinski definition) is 1. The van der Waals surface area contributed by atoms with Gasteiger partial charge in [0, 0.05) is 20.1 Å². The third-order valence-electron chi connectivity index (χ3n) is 2.77. The van der Waals surface area contributed by atoms with Gasteiger partial charge in [-0.3, -0.25) is 4.68 Å². The molecule has 1 aromatic heterocycles. The van der Waals surface area contributed by atoms with Gasteiger partial charge in [-0.1, -0.05) is 0 Å². The lowest BCUT2D eigenvalue weighted by atomic mass is 10.2. The molecule has 2 rings (SSSR count). The monoisotopic (exact) mass is 206 g/mol. The summed E-state index contributed by atoms with van der Waals surface area (Å²) in [5, 5.41) is 22.7. The molecule has 1 fully saturated rings. The average molecular weight is 206 g/mol. The third-order valence-corrected chi connectivity index (χ3v) is 2.77. The number of aryl methyl sites for hydroxylation is 2. The van der Waals surface area contributed by atoms with Crippen molar-refractivity contribution in [3.05, 3.63) is 11.3 Å². The lowest BCUT2D eigenvalue weighted by Gasteiger charge is -2.17. The normalized spacial score (nSPS) is 20.7. The first-order valence-electron chi connectivity index (χ1n) is 5.00. The molecule has 2 heterocycles. The Labute approximate surface area is 88.5 Å². The number of anilines is 1. The maximum Gasteiger partial charge on any atom is 0.145 e. The van der Waals surface area contributed by atoms with E-state index in [2.05, 4.69) is 11.2 Å². The van der Waals surface area contributed by atoms with Gasteiger partial charge in [-0.05, 0) is 13.3 Å². The fourth-order valence-electron chi connectivity index (χ4n) is 2.07. The van der Waals surface area contributed by atoms with E-state index >= 15 is 0 Å². The molecule has 0 spiro atoms. The Morgan fingerprint density at radius 1 is 1.60 bits per heavy atom. The zero-order chi connectivity index (χ0) is 11.0. The lowest BCUT2D eigenvalue weighted by molar-refractivity contribution is 0.198. The van der Waals surface area contributed by atoms with Crippen LogP contribution >= 0.6 is 0 Å². The number of hydrogen-bond acceptors (Lipinski definition) is 4. The van der Waals surface area contributed by atoms with Crippen LogP contribution in [-0.2, 0) is 7.05 Å². The molecule has 0 saturated carbocycles. The number of nitrogens with zero attached hydrogens (tertiary/aromatic N) is 4. The fraction of sp³-hybridized carbons (Fsp3) is 0.600. The largest absolute Gasteiger partial charge is 0.391 e. The minimum absolute atomic E-state index is 0.285.